The fraction of sp³-hybridized carbons (Fsp3) is 0.471. The van der Waals surface area contributed by atoms with E-state index in [4.69, 9.17) is 32.5 Å². The predicted molar refractivity (Wildman–Crippen MR) is 101 cm³/mol. The van der Waals surface area contributed by atoms with E-state index in [1.54, 1.807) is 6.07 Å². The molecule has 1 aromatic heterocycles. The lowest BCUT2D eigenvalue weighted by Gasteiger charge is -2.49. The zero-order chi connectivity index (χ0) is 16.3. The van der Waals surface area contributed by atoms with Gasteiger partial charge in [0.2, 0.25) is 0 Å². The van der Waals surface area contributed by atoms with Gasteiger partial charge in [-0.3, -0.25) is 10.3 Å². The van der Waals surface area contributed by atoms with Gasteiger partial charge >= 0.3 is 0 Å². The Morgan fingerprint density at radius 1 is 1.20 bits per heavy atom. The highest BCUT2D eigenvalue weighted by Crippen LogP contribution is 2.43. The van der Waals surface area contributed by atoms with Gasteiger partial charge in [0.15, 0.2) is 0 Å². The second-order valence-electron chi connectivity index (χ2n) is 6.94. The molecule has 134 valence electrons. The van der Waals surface area contributed by atoms with Crippen LogP contribution in [-0.4, -0.2) is 36.0 Å². The van der Waals surface area contributed by atoms with Crippen molar-refractivity contribution in [2.45, 2.75) is 24.9 Å². The predicted octanol–water partition coefficient (Wildman–Crippen LogP) is 4.58. The number of hydroxylamine groups is 1. The summed E-state index contributed by atoms with van der Waals surface area (Å²) in [5.41, 5.74) is 4.25. The van der Waals surface area contributed by atoms with Crippen LogP contribution in [0.3, 0.4) is 0 Å². The molecule has 2 bridgehead atoms. The number of halogens is 3. The minimum atomic E-state index is -0.139. The molecule has 1 spiro atoms. The minimum Gasteiger partial charge on any atom is -0.463 e. The summed E-state index contributed by atoms with van der Waals surface area (Å²) < 4.78 is 5.44. The zero-order valence-corrected chi connectivity index (χ0v) is 15.8. The van der Waals surface area contributed by atoms with Gasteiger partial charge < -0.3 is 9.32 Å². The van der Waals surface area contributed by atoms with Crippen molar-refractivity contribution in [3.63, 3.8) is 0 Å². The molecule has 1 atom stereocenters. The second kappa shape index (κ2) is 6.32. The van der Waals surface area contributed by atoms with Crippen LogP contribution < -0.4 is 5.48 Å². The summed E-state index contributed by atoms with van der Waals surface area (Å²) in [4.78, 5) is 13.2. The average Bonchev–Trinajstić information content (AvgIpc) is 3.14. The van der Waals surface area contributed by atoms with Crippen molar-refractivity contribution in [1.82, 2.24) is 10.4 Å². The van der Waals surface area contributed by atoms with E-state index in [1.165, 1.54) is 32.2 Å². The Hall–Kier alpha value is -0.980. The van der Waals surface area contributed by atoms with Crippen molar-refractivity contribution in [2.24, 2.45) is 10.9 Å². The Morgan fingerprint density at radius 3 is 2.72 bits per heavy atom. The summed E-state index contributed by atoms with van der Waals surface area (Å²) in [6.07, 6.45) is 4.71. The van der Waals surface area contributed by atoms with Crippen molar-refractivity contribution in [1.29, 1.82) is 0 Å². The zero-order valence-electron chi connectivity index (χ0n) is 13.4. The maximum Gasteiger partial charge on any atom is 0.137 e. The number of hydrogen-bond acceptors (Lipinski definition) is 4. The lowest BCUT2D eigenvalue weighted by Crippen LogP contribution is -2.59. The third-order valence-electron chi connectivity index (χ3n) is 5.51. The molecule has 25 heavy (non-hydrogen) atoms. The Bertz CT molecular complexity index is 845. The number of nitrogens with zero attached hydrogens (tertiary/aromatic N) is 2. The fourth-order valence-electron chi connectivity index (χ4n) is 4.26. The lowest BCUT2D eigenvalue weighted by atomic mass is 9.74. The summed E-state index contributed by atoms with van der Waals surface area (Å²) in [6.45, 7) is 3.35. The maximum atomic E-state index is 6.37. The standard InChI is InChI=1S/C17H17Cl2N3O2.ClH/c18-12-5-11-13(19)8-23-15(11)6-14(12)20-16-7-17(24-21-16)9-22-3-1-10(17)2-4-22;/h5-6,8,10H,1-4,7,9H2,(H,20,21);1H/t17-;/m0./s1. The first-order chi connectivity index (χ1) is 11.6. The third-order valence-corrected chi connectivity index (χ3v) is 6.11. The molecule has 1 N–H and O–H groups in total. The maximum absolute atomic E-state index is 6.37. The monoisotopic (exact) mass is 401 g/mol. The molecule has 4 aliphatic heterocycles. The number of aliphatic imine (C=N–C) groups is 1. The molecule has 4 fully saturated rings. The average molecular weight is 403 g/mol. The van der Waals surface area contributed by atoms with Gasteiger partial charge in [0, 0.05) is 24.4 Å². The number of nitrogens with one attached hydrogen (secondary N) is 1. The molecule has 2 aromatic rings. The summed E-state index contributed by atoms with van der Waals surface area (Å²) >= 11 is 12.4. The van der Waals surface area contributed by atoms with E-state index in [0.717, 1.165) is 24.2 Å². The van der Waals surface area contributed by atoms with Gasteiger partial charge in [-0.2, -0.15) is 0 Å². The SMILES string of the molecule is Cl.Clc1cc2c(Cl)coc2cc1N=C1C[C@@]2(CN3CCC2CC3)ON1. The van der Waals surface area contributed by atoms with Crippen LogP contribution in [0.1, 0.15) is 19.3 Å². The molecule has 4 aliphatic rings. The van der Waals surface area contributed by atoms with Crippen LogP contribution in [0.5, 0.6) is 0 Å². The number of furan rings is 1. The third kappa shape index (κ3) is 2.82. The first-order valence-corrected chi connectivity index (χ1v) is 8.99. The number of fused-ring (bicyclic) bond motifs is 3. The van der Waals surface area contributed by atoms with E-state index >= 15 is 0 Å². The molecule has 4 saturated heterocycles. The van der Waals surface area contributed by atoms with Gasteiger partial charge in [-0.1, -0.05) is 23.2 Å². The van der Waals surface area contributed by atoms with Crippen LogP contribution >= 0.6 is 35.6 Å². The van der Waals surface area contributed by atoms with Gasteiger partial charge in [-0.15, -0.1) is 12.4 Å². The quantitative estimate of drug-likeness (QED) is 0.758. The molecule has 0 amide bonds. The van der Waals surface area contributed by atoms with Crippen molar-refractivity contribution in [3.8, 4) is 0 Å². The minimum absolute atomic E-state index is 0. The molecule has 0 saturated carbocycles. The summed E-state index contributed by atoms with van der Waals surface area (Å²) in [5.74, 6) is 1.42. The van der Waals surface area contributed by atoms with Gasteiger partial charge in [0.1, 0.15) is 23.3 Å². The Morgan fingerprint density at radius 2 is 2.00 bits per heavy atom. The fourth-order valence-corrected chi connectivity index (χ4v) is 4.65. The van der Waals surface area contributed by atoms with E-state index in [0.29, 0.717) is 27.2 Å². The van der Waals surface area contributed by atoms with Crippen LogP contribution in [-0.2, 0) is 4.84 Å². The van der Waals surface area contributed by atoms with Crippen LogP contribution in [0.25, 0.3) is 11.0 Å². The van der Waals surface area contributed by atoms with Crippen molar-refractivity contribution >= 4 is 58.1 Å². The number of hydrogen-bond donors (Lipinski definition) is 1. The molecule has 6 rings (SSSR count). The second-order valence-corrected chi connectivity index (χ2v) is 7.75. The van der Waals surface area contributed by atoms with Gasteiger partial charge in [-0.25, -0.2) is 4.99 Å². The number of piperidine rings is 3. The number of benzene rings is 1. The van der Waals surface area contributed by atoms with E-state index in [9.17, 15) is 0 Å². The Kier molecular flexibility index (Phi) is 4.41. The van der Waals surface area contributed by atoms with E-state index in [-0.39, 0.29) is 18.0 Å². The molecular formula is C17H18Cl3N3O2. The molecule has 5 heterocycles. The smallest absolute Gasteiger partial charge is 0.137 e. The van der Waals surface area contributed by atoms with Crippen molar-refractivity contribution in [3.05, 3.63) is 28.4 Å². The highest BCUT2D eigenvalue weighted by Gasteiger charge is 2.52. The normalized spacial score (nSPS) is 32.3. The Balaban J connectivity index is 0.00000157. The lowest BCUT2D eigenvalue weighted by molar-refractivity contribution is -0.150. The summed E-state index contributed by atoms with van der Waals surface area (Å²) in [6, 6.07) is 3.61. The number of amidine groups is 1. The van der Waals surface area contributed by atoms with Gasteiger partial charge in [-0.05, 0) is 37.9 Å². The molecule has 8 heteroatoms. The molecule has 5 nitrogen and oxygen atoms in total. The van der Waals surface area contributed by atoms with Crippen LogP contribution in [0.2, 0.25) is 10.0 Å². The van der Waals surface area contributed by atoms with E-state index in [1.807, 2.05) is 6.07 Å². The number of rotatable bonds is 1. The summed E-state index contributed by atoms with van der Waals surface area (Å²) in [7, 11) is 0. The molecule has 0 unspecified atom stereocenters. The molecule has 0 aliphatic carbocycles. The van der Waals surface area contributed by atoms with Crippen LogP contribution in [0.15, 0.2) is 27.8 Å². The van der Waals surface area contributed by atoms with Gasteiger partial charge in [0.05, 0.1) is 15.7 Å². The summed E-state index contributed by atoms with van der Waals surface area (Å²) in [5, 5.41) is 1.91. The highest BCUT2D eigenvalue weighted by molar-refractivity contribution is 6.37. The van der Waals surface area contributed by atoms with E-state index < -0.39 is 0 Å². The Labute approximate surface area is 161 Å². The van der Waals surface area contributed by atoms with Gasteiger partial charge in [0.25, 0.3) is 0 Å². The molecular weight excluding hydrogens is 385 g/mol. The highest BCUT2D eigenvalue weighted by atomic mass is 35.5. The first-order valence-electron chi connectivity index (χ1n) is 8.23. The molecule has 0 radical (unpaired) electrons. The van der Waals surface area contributed by atoms with Crippen LogP contribution in [0.4, 0.5) is 5.69 Å². The van der Waals surface area contributed by atoms with Crippen LogP contribution in [0, 0.1) is 5.92 Å². The molecule has 1 aromatic carbocycles. The van der Waals surface area contributed by atoms with Crippen molar-refractivity contribution in [2.75, 3.05) is 19.6 Å². The van der Waals surface area contributed by atoms with E-state index in [2.05, 4.69) is 15.4 Å². The topological polar surface area (TPSA) is 50.0 Å². The van der Waals surface area contributed by atoms with Crippen molar-refractivity contribution < 1.29 is 9.25 Å². The first kappa shape index (κ1) is 17.4. The largest absolute Gasteiger partial charge is 0.463 e.